The van der Waals surface area contributed by atoms with E-state index < -0.39 is 15.0 Å². The predicted octanol–water partition coefficient (Wildman–Crippen LogP) is 1.62. The Balaban J connectivity index is 2.07. The third kappa shape index (κ3) is 3.19. The second-order valence-electron chi connectivity index (χ2n) is 3.48. The van der Waals surface area contributed by atoms with Crippen molar-refractivity contribution in [2.45, 2.75) is 16.7 Å². The molecule has 0 amide bonds. The standard InChI is InChI=1S/C9H9ClO5S2/c10-17(12,13)8-3-6(5-16-8)9(11)15-7-1-2-14-4-7/h3,5,7H,1-2,4H2. The molecule has 2 rings (SSSR count). The molecule has 1 fully saturated rings. The smallest absolute Gasteiger partial charge is 0.339 e. The summed E-state index contributed by atoms with van der Waals surface area (Å²) in [7, 11) is 1.37. The number of carbonyl (C=O) groups is 1. The summed E-state index contributed by atoms with van der Waals surface area (Å²) in [6.45, 7) is 0.958. The Morgan fingerprint density at radius 2 is 2.35 bits per heavy atom. The molecule has 0 N–H and O–H groups in total. The van der Waals surface area contributed by atoms with Gasteiger partial charge in [-0.05, 0) is 6.07 Å². The normalized spacial score (nSPS) is 20.4. The molecule has 0 aliphatic carbocycles. The van der Waals surface area contributed by atoms with Crippen LogP contribution in [0.3, 0.4) is 0 Å². The lowest BCUT2D eigenvalue weighted by Crippen LogP contribution is -2.17. The summed E-state index contributed by atoms with van der Waals surface area (Å²) in [6, 6.07) is 1.21. The third-order valence-corrected chi connectivity index (χ3v) is 5.25. The largest absolute Gasteiger partial charge is 0.456 e. The Morgan fingerprint density at radius 3 is 2.88 bits per heavy atom. The molecule has 1 aromatic heterocycles. The molecular formula is C9H9ClO5S2. The van der Waals surface area contributed by atoms with Crippen molar-refractivity contribution in [1.82, 2.24) is 0 Å². The maximum absolute atomic E-state index is 11.6. The SMILES string of the molecule is O=C(OC1CCOC1)c1csc(S(=O)(=O)Cl)c1. The summed E-state index contributed by atoms with van der Waals surface area (Å²) in [5.41, 5.74) is 0.195. The van der Waals surface area contributed by atoms with E-state index in [9.17, 15) is 13.2 Å². The maximum atomic E-state index is 11.6. The molecule has 1 aliphatic heterocycles. The average Bonchev–Trinajstić information content (AvgIpc) is 2.85. The van der Waals surface area contributed by atoms with Gasteiger partial charge in [-0.3, -0.25) is 0 Å². The first-order chi connectivity index (χ1) is 7.97. The Kier molecular flexibility index (Phi) is 3.72. The van der Waals surface area contributed by atoms with Crippen LogP contribution >= 0.6 is 22.0 Å². The van der Waals surface area contributed by atoms with Crippen molar-refractivity contribution in [3.05, 3.63) is 17.0 Å². The molecule has 2 heterocycles. The fourth-order valence-corrected chi connectivity index (χ4v) is 3.31. The average molecular weight is 297 g/mol. The van der Waals surface area contributed by atoms with Crippen molar-refractivity contribution < 1.29 is 22.7 Å². The summed E-state index contributed by atoms with van der Waals surface area (Å²) in [4.78, 5) is 11.6. The van der Waals surface area contributed by atoms with Crippen molar-refractivity contribution in [2.75, 3.05) is 13.2 Å². The van der Waals surface area contributed by atoms with Crippen LogP contribution in [0.1, 0.15) is 16.8 Å². The van der Waals surface area contributed by atoms with E-state index in [1.807, 2.05) is 0 Å². The highest BCUT2D eigenvalue weighted by atomic mass is 35.7. The maximum Gasteiger partial charge on any atom is 0.339 e. The number of hydrogen-bond acceptors (Lipinski definition) is 6. The van der Waals surface area contributed by atoms with E-state index in [1.165, 1.54) is 11.4 Å². The molecule has 1 aliphatic rings. The van der Waals surface area contributed by atoms with Crippen LogP contribution in [0.15, 0.2) is 15.7 Å². The van der Waals surface area contributed by atoms with Gasteiger partial charge in [-0.2, -0.15) is 0 Å². The monoisotopic (exact) mass is 296 g/mol. The van der Waals surface area contributed by atoms with Crippen molar-refractivity contribution in [3.8, 4) is 0 Å². The number of esters is 1. The Labute approximate surface area is 107 Å². The summed E-state index contributed by atoms with van der Waals surface area (Å²) < 4.78 is 32.2. The van der Waals surface area contributed by atoms with Gasteiger partial charge >= 0.3 is 5.97 Å². The molecule has 94 valence electrons. The predicted molar refractivity (Wildman–Crippen MR) is 62.0 cm³/mol. The highest BCUT2D eigenvalue weighted by Crippen LogP contribution is 2.24. The van der Waals surface area contributed by atoms with Gasteiger partial charge in [0.1, 0.15) is 10.3 Å². The molecule has 1 atom stereocenters. The minimum absolute atomic E-state index is 0.0613. The molecule has 0 radical (unpaired) electrons. The van der Waals surface area contributed by atoms with E-state index in [2.05, 4.69) is 0 Å². The zero-order valence-corrected chi connectivity index (χ0v) is 11.0. The van der Waals surface area contributed by atoms with Gasteiger partial charge in [-0.1, -0.05) is 0 Å². The second kappa shape index (κ2) is 4.93. The Morgan fingerprint density at radius 1 is 1.59 bits per heavy atom. The van der Waals surface area contributed by atoms with Gasteiger partial charge in [0.05, 0.1) is 18.8 Å². The summed E-state index contributed by atoms with van der Waals surface area (Å²) in [5, 5.41) is 1.41. The van der Waals surface area contributed by atoms with E-state index in [0.717, 1.165) is 11.3 Å². The fourth-order valence-electron chi connectivity index (χ4n) is 1.38. The summed E-state index contributed by atoms with van der Waals surface area (Å²) in [6.07, 6.45) is 0.412. The molecular weight excluding hydrogens is 288 g/mol. The molecule has 17 heavy (non-hydrogen) atoms. The summed E-state index contributed by atoms with van der Waals surface area (Å²) >= 11 is 0.891. The molecule has 8 heteroatoms. The van der Waals surface area contributed by atoms with E-state index in [1.54, 1.807) is 0 Å². The van der Waals surface area contributed by atoms with Gasteiger partial charge in [0.25, 0.3) is 9.05 Å². The lowest BCUT2D eigenvalue weighted by molar-refractivity contribution is 0.0271. The number of halogens is 1. The molecule has 1 aromatic rings. The van der Waals surface area contributed by atoms with E-state index >= 15 is 0 Å². The zero-order valence-electron chi connectivity index (χ0n) is 8.59. The number of carbonyl (C=O) groups excluding carboxylic acids is 1. The Bertz CT molecular complexity index is 515. The second-order valence-corrected chi connectivity index (χ2v) is 7.19. The van der Waals surface area contributed by atoms with E-state index in [4.69, 9.17) is 20.2 Å². The van der Waals surface area contributed by atoms with Gasteiger partial charge in [0, 0.05) is 22.5 Å². The minimum Gasteiger partial charge on any atom is -0.456 e. The van der Waals surface area contributed by atoms with E-state index in [-0.39, 0.29) is 15.9 Å². The number of rotatable bonds is 3. The Hall–Kier alpha value is -0.630. The lowest BCUT2D eigenvalue weighted by atomic mass is 10.3. The van der Waals surface area contributed by atoms with Crippen LogP contribution in [-0.4, -0.2) is 33.7 Å². The molecule has 5 nitrogen and oxygen atoms in total. The van der Waals surface area contributed by atoms with Crippen molar-refractivity contribution in [2.24, 2.45) is 0 Å². The van der Waals surface area contributed by atoms with Crippen LogP contribution in [0.25, 0.3) is 0 Å². The van der Waals surface area contributed by atoms with E-state index in [0.29, 0.717) is 19.6 Å². The van der Waals surface area contributed by atoms with Crippen molar-refractivity contribution >= 4 is 37.0 Å². The first kappa shape index (κ1) is 12.8. The van der Waals surface area contributed by atoms with Crippen LogP contribution in [-0.2, 0) is 18.5 Å². The van der Waals surface area contributed by atoms with Crippen molar-refractivity contribution in [1.29, 1.82) is 0 Å². The molecule has 0 saturated carbocycles. The lowest BCUT2D eigenvalue weighted by Gasteiger charge is -2.08. The quantitative estimate of drug-likeness (QED) is 0.626. The molecule has 0 bridgehead atoms. The number of ether oxygens (including phenoxy) is 2. The van der Waals surface area contributed by atoms with Crippen LogP contribution < -0.4 is 0 Å². The molecule has 0 aromatic carbocycles. The first-order valence-electron chi connectivity index (χ1n) is 4.79. The van der Waals surface area contributed by atoms with Gasteiger partial charge in [0.15, 0.2) is 0 Å². The van der Waals surface area contributed by atoms with Gasteiger partial charge < -0.3 is 9.47 Å². The summed E-state index contributed by atoms with van der Waals surface area (Å²) in [5.74, 6) is -0.552. The topological polar surface area (TPSA) is 69.7 Å². The number of thiophene rings is 1. The van der Waals surface area contributed by atoms with Gasteiger partial charge in [0.2, 0.25) is 0 Å². The molecule has 0 spiro atoms. The van der Waals surface area contributed by atoms with Crippen LogP contribution in [0.2, 0.25) is 0 Å². The van der Waals surface area contributed by atoms with Crippen molar-refractivity contribution in [3.63, 3.8) is 0 Å². The van der Waals surface area contributed by atoms with Crippen LogP contribution in [0.4, 0.5) is 0 Å². The van der Waals surface area contributed by atoms with Crippen LogP contribution in [0, 0.1) is 0 Å². The zero-order chi connectivity index (χ0) is 12.5. The highest BCUT2D eigenvalue weighted by molar-refractivity contribution is 8.15. The fraction of sp³-hybridized carbons (Fsp3) is 0.444. The minimum atomic E-state index is -3.78. The third-order valence-electron chi connectivity index (χ3n) is 2.21. The number of hydrogen-bond donors (Lipinski definition) is 0. The highest BCUT2D eigenvalue weighted by Gasteiger charge is 2.23. The first-order valence-corrected chi connectivity index (χ1v) is 7.97. The van der Waals surface area contributed by atoms with Gasteiger partial charge in [-0.25, -0.2) is 13.2 Å². The molecule has 1 saturated heterocycles. The van der Waals surface area contributed by atoms with Gasteiger partial charge in [-0.15, -0.1) is 11.3 Å². The molecule has 1 unspecified atom stereocenters. The van der Waals surface area contributed by atoms with Crippen LogP contribution in [0.5, 0.6) is 0 Å².